The van der Waals surface area contributed by atoms with Gasteiger partial charge in [0.25, 0.3) is 0 Å². The van der Waals surface area contributed by atoms with Crippen molar-refractivity contribution in [2.75, 3.05) is 19.8 Å². The van der Waals surface area contributed by atoms with Crippen molar-refractivity contribution in [3.8, 4) is 0 Å². The smallest absolute Gasteiger partial charge is 0.0937 e. The number of hydrogen-bond donors (Lipinski definition) is 1. The predicted molar refractivity (Wildman–Crippen MR) is 78.8 cm³/mol. The molecule has 1 saturated heterocycles. The first kappa shape index (κ1) is 13.5. The molecule has 1 saturated carbocycles. The third-order valence-electron chi connectivity index (χ3n) is 4.35. The Hall–Kier alpha value is -0.450. The summed E-state index contributed by atoms with van der Waals surface area (Å²) in [6, 6.07) is 0.776. The Morgan fingerprint density at radius 3 is 2.84 bits per heavy atom. The highest BCUT2D eigenvalue weighted by molar-refractivity contribution is 7.11. The number of nitrogens with zero attached hydrogens (tertiary/aromatic N) is 1. The summed E-state index contributed by atoms with van der Waals surface area (Å²) in [6.07, 6.45) is 6.24. The minimum absolute atomic E-state index is 0.275. The van der Waals surface area contributed by atoms with Gasteiger partial charge in [0, 0.05) is 35.9 Å². The number of ether oxygens (including phenoxy) is 1. The van der Waals surface area contributed by atoms with Crippen LogP contribution in [0.2, 0.25) is 0 Å². The summed E-state index contributed by atoms with van der Waals surface area (Å²) in [7, 11) is 0. The second-order valence-corrected chi connectivity index (χ2v) is 7.53. The van der Waals surface area contributed by atoms with Crippen LogP contribution in [0.1, 0.15) is 41.3 Å². The molecule has 106 valence electrons. The molecular formula is C15H24N2OS. The van der Waals surface area contributed by atoms with Gasteiger partial charge >= 0.3 is 0 Å². The first-order valence-electron chi connectivity index (χ1n) is 7.41. The zero-order chi connectivity index (χ0) is 13.3. The summed E-state index contributed by atoms with van der Waals surface area (Å²) in [4.78, 5) is 6.09. The summed E-state index contributed by atoms with van der Waals surface area (Å²) in [6.45, 7) is 7.20. The fourth-order valence-electron chi connectivity index (χ4n) is 2.84. The molecule has 0 amide bonds. The molecule has 2 aliphatic rings. The molecule has 19 heavy (non-hydrogen) atoms. The van der Waals surface area contributed by atoms with Crippen LogP contribution in [-0.4, -0.2) is 30.8 Å². The molecule has 0 aromatic carbocycles. The van der Waals surface area contributed by atoms with Gasteiger partial charge in [0.05, 0.1) is 17.3 Å². The Kier molecular flexibility index (Phi) is 3.92. The van der Waals surface area contributed by atoms with Crippen molar-refractivity contribution in [3.05, 3.63) is 15.6 Å². The van der Waals surface area contributed by atoms with Gasteiger partial charge in [-0.3, -0.25) is 0 Å². The number of thiazole rings is 1. The Morgan fingerprint density at radius 1 is 1.42 bits per heavy atom. The summed E-state index contributed by atoms with van der Waals surface area (Å²) >= 11 is 1.86. The molecule has 0 radical (unpaired) electrons. The number of aromatic nitrogens is 1. The van der Waals surface area contributed by atoms with E-state index in [2.05, 4.69) is 19.2 Å². The lowest BCUT2D eigenvalue weighted by Gasteiger charge is -2.37. The van der Waals surface area contributed by atoms with Crippen molar-refractivity contribution < 1.29 is 4.74 Å². The van der Waals surface area contributed by atoms with Crippen molar-refractivity contribution in [1.29, 1.82) is 0 Å². The van der Waals surface area contributed by atoms with Crippen molar-refractivity contribution in [3.63, 3.8) is 0 Å². The van der Waals surface area contributed by atoms with E-state index in [1.54, 1.807) is 0 Å². The molecule has 1 unspecified atom stereocenters. The average Bonchev–Trinajstić information content (AvgIpc) is 3.16. The van der Waals surface area contributed by atoms with Gasteiger partial charge in [-0.15, -0.1) is 11.3 Å². The molecule has 4 heteroatoms. The van der Waals surface area contributed by atoms with E-state index in [4.69, 9.17) is 9.72 Å². The van der Waals surface area contributed by atoms with Gasteiger partial charge in [-0.25, -0.2) is 4.98 Å². The molecule has 3 nitrogen and oxygen atoms in total. The second-order valence-electron chi connectivity index (χ2n) is 6.24. The minimum Gasteiger partial charge on any atom is -0.381 e. The fraction of sp³-hybridized carbons (Fsp3) is 0.800. The maximum Gasteiger partial charge on any atom is 0.0937 e. The lowest BCUT2D eigenvalue weighted by molar-refractivity contribution is -0.00737. The molecule has 2 fully saturated rings. The third kappa shape index (κ3) is 3.36. The van der Waals surface area contributed by atoms with Crippen LogP contribution < -0.4 is 5.32 Å². The van der Waals surface area contributed by atoms with E-state index in [1.807, 2.05) is 11.3 Å². The van der Waals surface area contributed by atoms with Crippen LogP contribution in [-0.2, 0) is 11.2 Å². The van der Waals surface area contributed by atoms with Crippen molar-refractivity contribution in [2.45, 2.75) is 52.0 Å². The highest BCUT2D eigenvalue weighted by Gasteiger charge is 2.36. The van der Waals surface area contributed by atoms with E-state index in [1.165, 1.54) is 41.3 Å². The Labute approximate surface area is 119 Å². The molecule has 1 aliphatic heterocycles. The van der Waals surface area contributed by atoms with Gasteiger partial charge in [0.1, 0.15) is 0 Å². The Balaban J connectivity index is 1.69. The molecule has 2 heterocycles. The normalized spacial score (nSPS) is 27.7. The maximum atomic E-state index is 5.78. The Bertz CT molecular complexity index is 414. The molecule has 1 atom stereocenters. The van der Waals surface area contributed by atoms with Crippen molar-refractivity contribution in [1.82, 2.24) is 10.3 Å². The van der Waals surface area contributed by atoms with E-state index in [0.717, 1.165) is 32.2 Å². The number of aryl methyl sites for hydroxylation is 2. The van der Waals surface area contributed by atoms with Crippen LogP contribution in [0.3, 0.4) is 0 Å². The lowest BCUT2D eigenvalue weighted by atomic mass is 9.79. The third-order valence-corrected chi connectivity index (χ3v) is 5.42. The molecule has 1 aromatic rings. The molecule has 0 spiro atoms. The van der Waals surface area contributed by atoms with Gasteiger partial charge in [0.2, 0.25) is 0 Å². The van der Waals surface area contributed by atoms with Gasteiger partial charge in [-0.2, -0.15) is 0 Å². The average molecular weight is 280 g/mol. The standard InChI is InChI=1S/C15H24N2OS/c1-11-12(2)19-14(17-11)8-15(6-3-7-18-10-15)9-16-13-4-5-13/h13,16H,3-10H2,1-2H3. The van der Waals surface area contributed by atoms with Crippen LogP contribution in [0.5, 0.6) is 0 Å². The number of rotatable bonds is 5. The molecule has 1 aliphatic carbocycles. The van der Waals surface area contributed by atoms with Crippen LogP contribution >= 0.6 is 11.3 Å². The predicted octanol–water partition coefficient (Wildman–Crippen LogP) is 2.85. The van der Waals surface area contributed by atoms with Crippen LogP contribution in [0.25, 0.3) is 0 Å². The fourth-order valence-corrected chi connectivity index (χ4v) is 3.94. The zero-order valence-corrected chi connectivity index (χ0v) is 12.8. The molecule has 3 rings (SSSR count). The van der Waals surface area contributed by atoms with Gasteiger partial charge < -0.3 is 10.1 Å². The van der Waals surface area contributed by atoms with Crippen LogP contribution in [0.15, 0.2) is 0 Å². The topological polar surface area (TPSA) is 34.2 Å². The van der Waals surface area contributed by atoms with Crippen LogP contribution in [0.4, 0.5) is 0 Å². The summed E-state index contributed by atoms with van der Waals surface area (Å²) in [5.41, 5.74) is 1.47. The largest absolute Gasteiger partial charge is 0.381 e. The van der Waals surface area contributed by atoms with Gasteiger partial charge in [-0.05, 0) is 39.5 Å². The van der Waals surface area contributed by atoms with E-state index in [-0.39, 0.29) is 5.41 Å². The van der Waals surface area contributed by atoms with E-state index in [0.29, 0.717) is 0 Å². The molecular weight excluding hydrogens is 256 g/mol. The Morgan fingerprint density at radius 2 is 2.26 bits per heavy atom. The first-order chi connectivity index (χ1) is 9.17. The van der Waals surface area contributed by atoms with E-state index in [9.17, 15) is 0 Å². The van der Waals surface area contributed by atoms with Crippen molar-refractivity contribution >= 4 is 11.3 Å². The summed E-state index contributed by atoms with van der Waals surface area (Å²) in [5.74, 6) is 0. The number of nitrogens with one attached hydrogen (secondary N) is 1. The van der Waals surface area contributed by atoms with E-state index >= 15 is 0 Å². The SMILES string of the molecule is Cc1nc(CC2(CNC3CC3)CCCOC2)sc1C. The lowest BCUT2D eigenvalue weighted by Crippen LogP contribution is -2.43. The van der Waals surface area contributed by atoms with Gasteiger partial charge in [-0.1, -0.05) is 0 Å². The van der Waals surface area contributed by atoms with Gasteiger partial charge in [0.15, 0.2) is 0 Å². The molecule has 0 bridgehead atoms. The van der Waals surface area contributed by atoms with E-state index < -0.39 is 0 Å². The maximum absolute atomic E-state index is 5.78. The first-order valence-corrected chi connectivity index (χ1v) is 8.23. The monoisotopic (exact) mass is 280 g/mol. The molecule has 1 aromatic heterocycles. The van der Waals surface area contributed by atoms with Crippen LogP contribution in [0, 0.1) is 19.3 Å². The second kappa shape index (κ2) is 5.51. The quantitative estimate of drug-likeness (QED) is 0.900. The highest BCUT2D eigenvalue weighted by atomic mass is 32.1. The zero-order valence-electron chi connectivity index (χ0n) is 12.0. The highest BCUT2D eigenvalue weighted by Crippen LogP contribution is 2.35. The van der Waals surface area contributed by atoms with Crippen molar-refractivity contribution in [2.24, 2.45) is 5.41 Å². The summed E-state index contributed by atoms with van der Waals surface area (Å²) < 4.78 is 5.78. The minimum atomic E-state index is 0.275. The summed E-state index contributed by atoms with van der Waals surface area (Å²) in [5, 5.41) is 5.00. The number of hydrogen-bond acceptors (Lipinski definition) is 4. The molecule has 1 N–H and O–H groups in total.